The number of carbonyl (C=O) groups excluding carboxylic acids is 1. The lowest BCUT2D eigenvalue weighted by Crippen LogP contribution is -2.24. The zero-order valence-corrected chi connectivity index (χ0v) is 12.1. The lowest BCUT2D eigenvalue weighted by Gasteiger charge is -2.08. The molecule has 0 radical (unpaired) electrons. The van der Waals surface area contributed by atoms with Gasteiger partial charge in [-0.15, -0.1) is 0 Å². The molecule has 2 aromatic heterocycles. The number of pyridine rings is 1. The Morgan fingerprint density at radius 3 is 2.90 bits per heavy atom. The van der Waals surface area contributed by atoms with Crippen molar-refractivity contribution >= 4 is 23.3 Å². The number of aromatic nitrogens is 3. The number of aryl methyl sites for hydroxylation is 1. The fourth-order valence-corrected chi connectivity index (χ4v) is 1.94. The van der Waals surface area contributed by atoms with Gasteiger partial charge in [0.1, 0.15) is 5.82 Å². The van der Waals surface area contributed by atoms with Crippen LogP contribution in [0.3, 0.4) is 0 Å². The third kappa shape index (κ3) is 3.27. The highest BCUT2D eigenvalue weighted by Gasteiger charge is 2.10. The average Bonchev–Trinajstić information content (AvgIpc) is 2.84. The van der Waals surface area contributed by atoms with Gasteiger partial charge in [-0.25, -0.2) is 4.98 Å². The number of carbonyl (C=O) groups is 1. The van der Waals surface area contributed by atoms with Crippen molar-refractivity contribution in [3.63, 3.8) is 0 Å². The Bertz CT molecular complexity index is 611. The zero-order valence-electron chi connectivity index (χ0n) is 11.4. The molecule has 0 aliphatic rings. The number of halogens is 1. The van der Waals surface area contributed by atoms with Gasteiger partial charge in [-0.05, 0) is 19.1 Å². The van der Waals surface area contributed by atoms with E-state index in [-0.39, 0.29) is 5.91 Å². The van der Waals surface area contributed by atoms with Crippen LogP contribution in [0.15, 0.2) is 24.5 Å². The van der Waals surface area contributed by atoms with Gasteiger partial charge in [-0.2, -0.15) is 5.10 Å². The summed E-state index contributed by atoms with van der Waals surface area (Å²) in [6.45, 7) is 3.08. The summed E-state index contributed by atoms with van der Waals surface area (Å²) in [5.41, 5.74) is 1.35. The van der Waals surface area contributed by atoms with Crippen LogP contribution in [0.1, 0.15) is 23.0 Å². The van der Waals surface area contributed by atoms with E-state index in [0.29, 0.717) is 22.9 Å². The van der Waals surface area contributed by atoms with Gasteiger partial charge in [0.2, 0.25) is 0 Å². The summed E-state index contributed by atoms with van der Waals surface area (Å²) in [5.74, 6) is 0.362. The van der Waals surface area contributed by atoms with E-state index in [1.54, 1.807) is 16.9 Å². The highest BCUT2D eigenvalue weighted by atomic mass is 35.5. The fourth-order valence-electron chi connectivity index (χ4n) is 1.71. The summed E-state index contributed by atoms with van der Waals surface area (Å²) in [4.78, 5) is 16.1. The lowest BCUT2D eigenvalue weighted by molar-refractivity contribution is 0.0949. The number of rotatable bonds is 5. The van der Waals surface area contributed by atoms with Gasteiger partial charge in [0, 0.05) is 26.0 Å². The van der Waals surface area contributed by atoms with Crippen LogP contribution in [-0.4, -0.2) is 27.2 Å². The normalized spacial score (nSPS) is 10.3. The first-order valence-electron chi connectivity index (χ1n) is 6.26. The molecule has 0 aliphatic heterocycles. The minimum Gasteiger partial charge on any atom is -0.369 e. The first-order valence-corrected chi connectivity index (χ1v) is 6.64. The molecule has 1 amide bonds. The second-order valence-corrected chi connectivity index (χ2v) is 4.62. The van der Waals surface area contributed by atoms with Crippen molar-refractivity contribution in [2.75, 3.05) is 11.9 Å². The molecule has 0 unspecified atom stereocenters. The Labute approximate surface area is 122 Å². The van der Waals surface area contributed by atoms with Gasteiger partial charge in [0.15, 0.2) is 0 Å². The van der Waals surface area contributed by atoms with Crippen molar-refractivity contribution in [2.45, 2.75) is 13.5 Å². The van der Waals surface area contributed by atoms with E-state index in [0.717, 1.165) is 12.2 Å². The predicted octanol–water partition coefficient (Wildman–Crippen LogP) is 1.83. The molecule has 0 saturated carbocycles. The van der Waals surface area contributed by atoms with E-state index in [1.165, 1.54) is 6.20 Å². The van der Waals surface area contributed by atoms with Crippen molar-refractivity contribution in [2.24, 2.45) is 7.05 Å². The maximum atomic E-state index is 12.0. The first-order chi connectivity index (χ1) is 9.61. The van der Waals surface area contributed by atoms with Gasteiger partial charge in [0.25, 0.3) is 5.91 Å². The van der Waals surface area contributed by atoms with Crippen LogP contribution in [0, 0.1) is 0 Å². The van der Waals surface area contributed by atoms with Crippen molar-refractivity contribution < 1.29 is 4.79 Å². The highest BCUT2D eigenvalue weighted by molar-refractivity contribution is 6.33. The molecule has 2 aromatic rings. The summed E-state index contributed by atoms with van der Waals surface area (Å²) in [5, 5.41) is 10.3. The average molecular weight is 294 g/mol. The largest absolute Gasteiger partial charge is 0.369 e. The quantitative estimate of drug-likeness (QED) is 0.882. The predicted molar refractivity (Wildman–Crippen MR) is 77.8 cm³/mol. The summed E-state index contributed by atoms with van der Waals surface area (Å²) in [6.07, 6.45) is 3.19. The molecule has 2 rings (SSSR count). The van der Waals surface area contributed by atoms with Crippen LogP contribution in [0.4, 0.5) is 5.82 Å². The van der Waals surface area contributed by atoms with E-state index in [1.807, 2.05) is 20.0 Å². The number of hydrogen-bond donors (Lipinski definition) is 2. The summed E-state index contributed by atoms with van der Waals surface area (Å²) in [7, 11) is 1.82. The van der Waals surface area contributed by atoms with E-state index < -0.39 is 0 Å². The van der Waals surface area contributed by atoms with E-state index >= 15 is 0 Å². The second kappa shape index (κ2) is 6.38. The molecule has 106 valence electrons. The molecule has 0 spiro atoms. The van der Waals surface area contributed by atoms with Crippen LogP contribution in [-0.2, 0) is 13.6 Å². The maximum Gasteiger partial charge on any atom is 0.253 e. The molecular formula is C13H16ClN5O. The zero-order chi connectivity index (χ0) is 14.5. The molecule has 2 heterocycles. The highest BCUT2D eigenvalue weighted by Crippen LogP contribution is 2.19. The van der Waals surface area contributed by atoms with Crippen LogP contribution >= 0.6 is 11.6 Å². The molecule has 7 heteroatoms. The number of hydrogen-bond acceptors (Lipinski definition) is 4. The minimum atomic E-state index is -0.219. The molecular weight excluding hydrogens is 278 g/mol. The molecule has 0 fully saturated rings. The standard InChI is InChI=1S/C13H16ClN5O/c1-3-15-12-11(14)6-9(7-16-12)13(20)17-8-10-4-5-18-19(10)2/h4-7H,3,8H2,1-2H3,(H,15,16)(H,17,20). The van der Waals surface area contributed by atoms with E-state index in [2.05, 4.69) is 20.7 Å². The Hall–Kier alpha value is -2.08. The van der Waals surface area contributed by atoms with Crippen LogP contribution in [0.25, 0.3) is 0 Å². The Balaban J connectivity index is 2.02. The number of amides is 1. The summed E-state index contributed by atoms with van der Waals surface area (Å²) < 4.78 is 1.71. The molecule has 20 heavy (non-hydrogen) atoms. The van der Waals surface area contributed by atoms with Crippen molar-refractivity contribution in [1.82, 2.24) is 20.1 Å². The van der Waals surface area contributed by atoms with E-state index in [9.17, 15) is 4.79 Å². The molecule has 0 aliphatic carbocycles. The molecule has 6 nitrogen and oxygen atoms in total. The van der Waals surface area contributed by atoms with E-state index in [4.69, 9.17) is 11.6 Å². The van der Waals surface area contributed by atoms with Crippen molar-refractivity contribution in [1.29, 1.82) is 0 Å². The monoisotopic (exact) mass is 293 g/mol. The first kappa shape index (κ1) is 14.3. The van der Waals surface area contributed by atoms with Gasteiger partial charge >= 0.3 is 0 Å². The Morgan fingerprint density at radius 2 is 2.30 bits per heavy atom. The van der Waals surface area contributed by atoms with Crippen molar-refractivity contribution in [3.8, 4) is 0 Å². The summed E-state index contributed by atoms with van der Waals surface area (Å²) in [6, 6.07) is 3.45. The molecule has 0 aromatic carbocycles. The van der Waals surface area contributed by atoms with Crippen LogP contribution < -0.4 is 10.6 Å². The minimum absolute atomic E-state index is 0.219. The molecule has 0 bridgehead atoms. The third-order valence-electron chi connectivity index (χ3n) is 2.80. The number of nitrogens with zero attached hydrogens (tertiary/aromatic N) is 3. The SMILES string of the molecule is CCNc1ncc(C(=O)NCc2ccnn2C)cc1Cl. The van der Waals surface area contributed by atoms with Crippen LogP contribution in [0.5, 0.6) is 0 Å². The molecule has 0 saturated heterocycles. The van der Waals surface area contributed by atoms with Gasteiger partial charge in [-0.3, -0.25) is 9.48 Å². The smallest absolute Gasteiger partial charge is 0.253 e. The molecule has 2 N–H and O–H groups in total. The lowest BCUT2D eigenvalue weighted by atomic mass is 10.2. The summed E-state index contributed by atoms with van der Waals surface area (Å²) >= 11 is 6.06. The van der Waals surface area contributed by atoms with Gasteiger partial charge < -0.3 is 10.6 Å². The number of anilines is 1. The van der Waals surface area contributed by atoms with Crippen LogP contribution in [0.2, 0.25) is 5.02 Å². The number of nitrogens with one attached hydrogen (secondary N) is 2. The maximum absolute atomic E-state index is 12.0. The van der Waals surface area contributed by atoms with Crippen molar-refractivity contribution in [3.05, 3.63) is 40.8 Å². The Morgan fingerprint density at radius 1 is 1.50 bits per heavy atom. The topological polar surface area (TPSA) is 71.8 Å². The van der Waals surface area contributed by atoms with Gasteiger partial charge in [0.05, 0.1) is 22.8 Å². The van der Waals surface area contributed by atoms with Gasteiger partial charge in [-0.1, -0.05) is 11.6 Å². The third-order valence-corrected chi connectivity index (χ3v) is 3.09. The molecule has 0 atom stereocenters. The fraction of sp³-hybridized carbons (Fsp3) is 0.308. The Kier molecular flexibility index (Phi) is 4.57. The second-order valence-electron chi connectivity index (χ2n) is 4.21.